The zero-order chi connectivity index (χ0) is 18.8. The molecule has 0 fully saturated rings. The molecule has 2 nitrogen and oxygen atoms in total. The van der Waals surface area contributed by atoms with Crippen LogP contribution in [0.2, 0.25) is 0 Å². The van der Waals surface area contributed by atoms with Crippen LogP contribution >= 0.6 is 0 Å². The molecule has 1 aliphatic carbocycles. The van der Waals surface area contributed by atoms with E-state index in [0.717, 1.165) is 30.0 Å². The number of allylic oxidation sites excluding steroid dienone is 5. The summed E-state index contributed by atoms with van der Waals surface area (Å²) >= 11 is 0. The van der Waals surface area contributed by atoms with Crippen molar-refractivity contribution in [3.05, 3.63) is 101 Å². The Labute approximate surface area is 161 Å². The van der Waals surface area contributed by atoms with Crippen LogP contribution in [0.5, 0.6) is 11.5 Å². The molecule has 1 heterocycles. The van der Waals surface area contributed by atoms with Crippen molar-refractivity contribution in [3.8, 4) is 11.5 Å². The minimum atomic E-state index is 0.222. The van der Waals surface area contributed by atoms with Gasteiger partial charge in [-0.1, -0.05) is 48.9 Å². The molecule has 2 aliphatic rings. The number of ether oxygens (including phenoxy) is 1. The van der Waals surface area contributed by atoms with E-state index in [0.29, 0.717) is 0 Å². The average molecular weight is 354 g/mol. The van der Waals surface area contributed by atoms with Gasteiger partial charge in [-0.2, -0.15) is 0 Å². The molecule has 135 valence electrons. The van der Waals surface area contributed by atoms with E-state index in [4.69, 9.17) is 9.73 Å². The molecule has 0 aromatic heterocycles. The minimum Gasteiger partial charge on any atom is -0.457 e. The van der Waals surface area contributed by atoms with E-state index in [1.54, 1.807) is 0 Å². The van der Waals surface area contributed by atoms with Gasteiger partial charge in [0, 0.05) is 12.1 Å². The highest BCUT2D eigenvalue weighted by atomic mass is 16.5. The molecule has 2 heteroatoms. The third-order valence-corrected chi connectivity index (χ3v) is 5.16. The Hall–Kier alpha value is -2.87. The van der Waals surface area contributed by atoms with Crippen LogP contribution in [-0.4, -0.2) is 6.21 Å². The third kappa shape index (κ3) is 3.52. The van der Waals surface area contributed by atoms with Gasteiger partial charge in [-0.25, -0.2) is 0 Å². The molecule has 0 saturated heterocycles. The van der Waals surface area contributed by atoms with E-state index >= 15 is 0 Å². The van der Waals surface area contributed by atoms with Gasteiger partial charge < -0.3 is 4.74 Å². The van der Waals surface area contributed by atoms with E-state index < -0.39 is 0 Å². The summed E-state index contributed by atoms with van der Waals surface area (Å²) in [6.45, 7) is 8.56. The van der Waals surface area contributed by atoms with Crippen molar-refractivity contribution >= 4 is 6.21 Å². The number of nitrogens with zero attached hydrogens (tertiary/aromatic N) is 1. The Morgan fingerprint density at radius 3 is 2.59 bits per heavy atom. The van der Waals surface area contributed by atoms with Gasteiger partial charge in [-0.05, 0) is 73.2 Å². The van der Waals surface area contributed by atoms with Crippen molar-refractivity contribution in [3.63, 3.8) is 0 Å². The van der Waals surface area contributed by atoms with Crippen molar-refractivity contribution in [1.82, 2.24) is 0 Å². The van der Waals surface area contributed by atoms with Gasteiger partial charge in [0.1, 0.15) is 11.5 Å². The molecule has 1 unspecified atom stereocenters. The van der Waals surface area contributed by atoms with Gasteiger partial charge in [0.25, 0.3) is 0 Å². The van der Waals surface area contributed by atoms with Crippen LogP contribution in [0.3, 0.4) is 0 Å². The molecule has 0 spiro atoms. The van der Waals surface area contributed by atoms with Gasteiger partial charge in [0.15, 0.2) is 0 Å². The topological polar surface area (TPSA) is 21.6 Å². The van der Waals surface area contributed by atoms with Crippen molar-refractivity contribution < 1.29 is 4.74 Å². The van der Waals surface area contributed by atoms with Crippen molar-refractivity contribution in [2.24, 2.45) is 4.99 Å². The predicted molar refractivity (Wildman–Crippen MR) is 112 cm³/mol. The first kappa shape index (κ1) is 17.5. The van der Waals surface area contributed by atoms with E-state index in [-0.39, 0.29) is 5.92 Å². The highest BCUT2D eigenvalue weighted by Gasteiger charge is 2.26. The monoisotopic (exact) mass is 354 g/mol. The average Bonchev–Trinajstić information content (AvgIpc) is 3.08. The van der Waals surface area contributed by atoms with Gasteiger partial charge >= 0.3 is 0 Å². The fraction of sp³-hybridized carbons (Fsp3) is 0.200. The molecule has 27 heavy (non-hydrogen) atoms. The lowest BCUT2D eigenvalue weighted by Crippen LogP contribution is -2.06. The van der Waals surface area contributed by atoms with Crippen LogP contribution in [0.1, 0.15) is 38.2 Å². The van der Waals surface area contributed by atoms with Gasteiger partial charge in [0.05, 0.1) is 5.70 Å². The molecule has 4 rings (SSSR count). The summed E-state index contributed by atoms with van der Waals surface area (Å²) in [5.74, 6) is 1.92. The van der Waals surface area contributed by atoms with Crippen LogP contribution < -0.4 is 4.74 Å². The number of rotatable bonds is 5. The largest absolute Gasteiger partial charge is 0.457 e. The normalized spacial score (nSPS) is 17.1. The molecule has 0 saturated carbocycles. The van der Waals surface area contributed by atoms with Crippen molar-refractivity contribution in [2.75, 3.05) is 0 Å². The van der Waals surface area contributed by atoms with Crippen LogP contribution in [0.25, 0.3) is 0 Å². The minimum absolute atomic E-state index is 0.222. The highest BCUT2D eigenvalue weighted by Crippen LogP contribution is 2.41. The summed E-state index contributed by atoms with van der Waals surface area (Å²) in [7, 11) is 0. The first-order valence-electron chi connectivity index (χ1n) is 9.43. The van der Waals surface area contributed by atoms with Crippen LogP contribution in [0.4, 0.5) is 0 Å². The van der Waals surface area contributed by atoms with Crippen molar-refractivity contribution in [2.45, 2.75) is 32.6 Å². The molecular weight excluding hydrogens is 330 g/mol. The zero-order valence-corrected chi connectivity index (χ0v) is 15.9. The molecule has 0 bridgehead atoms. The maximum Gasteiger partial charge on any atom is 0.127 e. The fourth-order valence-electron chi connectivity index (χ4n) is 3.94. The molecule has 2 aromatic rings. The second-order valence-corrected chi connectivity index (χ2v) is 7.22. The highest BCUT2D eigenvalue weighted by molar-refractivity contribution is 5.89. The Kier molecular flexibility index (Phi) is 4.81. The maximum absolute atomic E-state index is 6.03. The van der Waals surface area contributed by atoms with Crippen LogP contribution in [0, 0.1) is 6.92 Å². The standard InChI is InChI=1S/C25H24NO/c1-4-22(24-16-26-25-18(3)13-17(2)14-23(24)25)19-9-8-12-21(15-19)27-20-10-6-5-7-11-20/h5-13,15-16,22H,1,4,14H2,2-3H3. The Balaban J connectivity index is 1.67. The fourth-order valence-corrected chi connectivity index (χ4v) is 3.94. The molecule has 2 aromatic carbocycles. The molecular formula is C25H24NO. The van der Waals surface area contributed by atoms with E-state index in [2.05, 4.69) is 45.0 Å². The summed E-state index contributed by atoms with van der Waals surface area (Å²) in [5, 5.41) is 0. The summed E-state index contributed by atoms with van der Waals surface area (Å²) in [4.78, 5) is 4.72. The van der Waals surface area contributed by atoms with E-state index in [1.165, 1.54) is 27.9 Å². The van der Waals surface area contributed by atoms with Gasteiger partial charge in [-0.3, -0.25) is 4.99 Å². The van der Waals surface area contributed by atoms with E-state index in [1.807, 2.05) is 42.6 Å². The quantitative estimate of drug-likeness (QED) is 0.579. The summed E-state index contributed by atoms with van der Waals surface area (Å²) in [5.41, 5.74) is 7.66. The van der Waals surface area contributed by atoms with Gasteiger partial charge in [0.2, 0.25) is 0 Å². The summed E-state index contributed by atoms with van der Waals surface area (Å²) < 4.78 is 6.03. The predicted octanol–water partition coefficient (Wildman–Crippen LogP) is 6.79. The number of aliphatic imine (C=N–C) groups is 1. The van der Waals surface area contributed by atoms with E-state index in [9.17, 15) is 0 Å². The first-order valence-corrected chi connectivity index (χ1v) is 9.43. The second kappa shape index (κ2) is 7.40. The number of hydrogen-bond acceptors (Lipinski definition) is 2. The lowest BCUT2D eigenvalue weighted by Gasteiger charge is -2.21. The number of hydrogen-bond donors (Lipinski definition) is 0. The first-order chi connectivity index (χ1) is 13.2. The maximum atomic E-state index is 6.03. The molecule has 1 atom stereocenters. The number of benzene rings is 2. The Morgan fingerprint density at radius 2 is 1.81 bits per heavy atom. The second-order valence-electron chi connectivity index (χ2n) is 7.22. The zero-order valence-electron chi connectivity index (χ0n) is 15.9. The lowest BCUT2D eigenvalue weighted by molar-refractivity contribution is 0.481. The Bertz CT molecular complexity index is 976. The van der Waals surface area contributed by atoms with Crippen molar-refractivity contribution in [1.29, 1.82) is 0 Å². The van der Waals surface area contributed by atoms with Crippen LogP contribution in [-0.2, 0) is 0 Å². The summed E-state index contributed by atoms with van der Waals surface area (Å²) in [6.07, 6.45) is 6.04. The number of fused-ring (bicyclic) bond motifs is 1. The van der Waals surface area contributed by atoms with Gasteiger partial charge in [-0.15, -0.1) is 0 Å². The molecule has 0 N–H and O–H groups in total. The Morgan fingerprint density at radius 1 is 1.04 bits per heavy atom. The molecule has 1 radical (unpaired) electrons. The summed E-state index contributed by atoms with van der Waals surface area (Å²) in [6, 6.07) is 18.2. The van der Waals surface area contributed by atoms with Crippen LogP contribution in [0.15, 0.2) is 93.7 Å². The molecule has 0 amide bonds. The number of para-hydroxylation sites is 1. The SMILES string of the molecule is [CH2]CC(C1=C2CC(C)=CC(C)=C2N=C1)c1cccc(Oc2ccccc2)c1. The lowest BCUT2D eigenvalue weighted by atomic mass is 9.83. The molecule has 1 aliphatic heterocycles. The third-order valence-electron chi connectivity index (χ3n) is 5.16. The smallest absolute Gasteiger partial charge is 0.127 e.